The van der Waals surface area contributed by atoms with E-state index in [1.54, 1.807) is 11.0 Å². The molecule has 0 spiro atoms. The summed E-state index contributed by atoms with van der Waals surface area (Å²) in [4.78, 5) is 15.2. The molecule has 1 aliphatic rings. The zero-order valence-electron chi connectivity index (χ0n) is 16.2. The molecule has 27 heavy (non-hydrogen) atoms. The molecule has 0 aromatic heterocycles. The molecule has 1 fully saturated rings. The minimum Gasteiger partial charge on any atom is -0.347 e. The number of piperazine rings is 1. The third kappa shape index (κ3) is 4.85. The van der Waals surface area contributed by atoms with Gasteiger partial charge < -0.3 is 15.1 Å². The highest BCUT2D eigenvalue weighted by molar-refractivity contribution is 5.80. The molecule has 2 aromatic carbocycles. The van der Waals surface area contributed by atoms with Crippen LogP contribution >= 0.6 is 0 Å². The zero-order valence-corrected chi connectivity index (χ0v) is 16.2. The van der Waals surface area contributed by atoms with Gasteiger partial charge in [0.2, 0.25) is 0 Å². The summed E-state index contributed by atoms with van der Waals surface area (Å²) in [5.41, 5.74) is 2.72. The van der Waals surface area contributed by atoms with Gasteiger partial charge in [-0.05, 0) is 6.92 Å². The fourth-order valence-corrected chi connectivity index (χ4v) is 4.08. The molecule has 1 heterocycles. The molecule has 1 saturated heterocycles. The normalized spacial score (nSPS) is 20.8. The first kappa shape index (κ1) is 19.3. The topological polar surface area (TPSA) is 38.0 Å². The summed E-state index contributed by atoms with van der Waals surface area (Å²) >= 11 is 0. The van der Waals surface area contributed by atoms with Crippen LogP contribution in [0.2, 0.25) is 0 Å². The maximum Gasteiger partial charge on any atom is 0.278 e. The standard InChI is InChI=1S/C23H29N3O/c1-3-14-24-23(27)19(2)25-15-17-26(18-16-25)22(20-10-6-4-7-11-20)21-12-8-5-9-13-21/h3-13,19,22H,1,14-18H2,2H3,(H,24,27)/p+2/t19-/m0/s1. The van der Waals surface area contributed by atoms with E-state index >= 15 is 0 Å². The lowest BCUT2D eigenvalue weighted by molar-refractivity contribution is -1.03. The van der Waals surface area contributed by atoms with Crippen LogP contribution in [0.5, 0.6) is 0 Å². The van der Waals surface area contributed by atoms with Crippen LogP contribution in [0.4, 0.5) is 0 Å². The van der Waals surface area contributed by atoms with Gasteiger partial charge in [-0.1, -0.05) is 66.7 Å². The molecule has 0 radical (unpaired) electrons. The lowest BCUT2D eigenvalue weighted by Crippen LogP contribution is -3.30. The molecule has 1 atom stereocenters. The van der Waals surface area contributed by atoms with Crippen molar-refractivity contribution < 1.29 is 14.6 Å². The Hall–Kier alpha value is -2.43. The van der Waals surface area contributed by atoms with Crippen LogP contribution in [0.3, 0.4) is 0 Å². The largest absolute Gasteiger partial charge is 0.347 e. The van der Waals surface area contributed by atoms with E-state index in [1.807, 2.05) is 6.92 Å². The molecule has 0 bridgehead atoms. The van der Waals surface area contributed by atoms with Crippen molar-refractivity contribution in [1.82, 2.24) is 5.32 Å². The van der Waals surface area contributed by atoms with E-state index in [4.69, 9.17) is 0 Å². The predicted molar refractivity (Wildman–Crippen MR) is 109 cm³/mol. The molecule has 3 rings (SSSR count). The van der Waals surface area contributed by atoms with Crippen molar-refractivity contribution in [3.8, 4) is 0 Å². The maximum absolute atomic E-state index is 12.3. The highest BCUT2D eigenvalue weighted by Crippen LogP contribution is 2.18. The molecule has 0 aliphatic carbocycles. The lowest BCUT2D eigenvalue weighted by atomic mass is 9.96. The Bertz CT molecular complexity index is 684. The fraction of sp³-hybridized carbons (Fsp3) is 0.348. The third-order valence-electron chi connectivity index (χ3n) is 5.63. The number of quaternary nitrogens is 2. The molecule has 4 nitrogen and oxygen atoms in total. The second kappa shape index (κ2) is 9.49. The van der Waals surface area contributed by atoms with Gasteiger partial charge in [0.1, 0.15) is 32.2 Å². The zero-order chi connectivity index (χ0) is 19.1. The van der Waals surface area contributed by atoms with Gasteiger partial charge in [-0.2, -0.15) is 0 Å². The Morgan fingerprint density at radius 1 is 0.963 bits per heavy atom. The number of carbonyl (C=O) groups excluding carboxylic acids is 1. The molecule has 142 valence electrons. The molecule has 1 aliphatic heterocycles. The van der Waals surface area contributed by atoms with Crippen molar-refractivity contribution in [1.29, 1.82) is 0 Å². The summed E-state index contributed by atoms with van der Waals surface area (Å²) in [6, 6.07) is 21.9. The van der Waals surface area contributed by atoms with Crippen LogP contribution in [-0.2, 0) is 4.79 Å². The highest BCUT2D eigenvalue weighted by Gasteiger charge is 2.35. The van der Waals surface area contributed by atoms with E-state index in [-0.39, 0.29) is 11.9 Å². The third-order valence-corrected chi connectivity index (χ3v) is 5.63. The predicted octanol–water partition coefficient (Wildman–Crippen LogP) is 0.250. The first-order valence-electron chi connectivity index (χ1n) is 9.88. The quantitative estimate of drug-likeness (QED) is 0.605. The molecular formula is C23H31N3O+2. The van der Waals surface area contributed by atoms with Crippen LogP contribution in [0.25, 0.3) is 0 Å². The van der Waals surface area contributed by atoms with Gasteiger partial charge in [0.25, 0.3) is 5.91 Å². The summed E-state index contributed by atoms with van der Waals surface area (Å²) in [6.07, 6.45) is 1.73. The van der Waals surface area contributed by atoms with E-state index in [9.17, 15) is 4.79 Å². The minimum absolute atomic E-state index is 0.0154. The monoisotopic (exact) mass is 365 g/mol. The van der Waals surface area contributed by atoms with Gasteiger partial charge in [0.15, 0.2) is 6.04 Å². The molecule has 4 heteroatoms. The number of nitrogens with one attached hydrogen (secondary N) is 3. The highest BCUT2D eigenvalue weighted by atomic mass is 16.2. The van der Waals surface area contributed by atoms with E-state index in [0.717, 1.165) is 26.2 Å². The van der Waals surface area contributed by atoms with Crippen LogP contribution < -0.4 is 15.1 Å². The van der Waals surface area contributed by atoms with E-state index in [0.29, 0.717) is 12.6 Å². The van der Waals surface area contributed by atoms with Gasteiger partial charge in [0.05, 0.1) is 0 Å². The van der Waals surface area contributed by atoms with Crippen LogP contribution in [-0.4, -0.2) is 44.7 Å². The van der Waals surface area contributed by atoms with Gasteiger partial charge in [-0.15, -0.1) is 6.58 Å². The SMILES string of the molecule is C=CCNC(=O)[C@H](C)[NH+]1CC[NH+](C(c2ccccc2)c2ccccc2)CC1. The van der Waals surface area contributed by atoms with Gasteiger partial charge in [-0.3, -0.25) is 4.79 Å². The summed E-state index contributed by atoms with van der Waals surface area (Å²) in [5, 5.41) is 2.93. The second-order valence-corrected chi connectivity index (χ2v) is 7.33. The minimum atomic E-state index is -0.0154. The summed E-state index contributed by atoms with van der Waals surface area (Å²) in [6.45, 7) is 10.4. The van der Waals surface area contributed by atoms with Crippen molar-refractivity contribution in [2.45, 2.75) is 19.0 Å². The van der Waals surface area contributed by atoms with Crippen molar-refractivity contribution in [3.05, 3.63) is 84.4 Å². The Balaban J connectivity index is 1.70. The first-order chi connectivity index (χ1) is 13.2. The number of hydrogen-bond acceptors (Lipinski definition) is 1. The Morgan fingerprint density at radius 3 is 1.93 bits per heavy atom. The van der Waals surface area contributed by atoms with Crippen molar-refractivity contribution >= 4 is 5.91 Å². The smallest absolute Gasteiger partial charge is 0.278 e. The second-order valence-electron chi connectivity index (χ2n) is 7.33. The first-order valence-corrected chi connectivity index (χ1v) is 9.88. The van der Waals surface area contributed by atoms with Gasteiger partial charge >= 0.3 is 0 Å². The van der Waals surface area contributed by atoms with Crippen molar-refractivity contribution in [2.24, 2.45) is 0 Å². The molecule has 0 unspecified atom stereocenters. The molecular weight excluding hydrogens is 334 g/mol. The number of hydrogen-bond donors (Lipinski definition) is 3. The van der Waals surface area contributed by atoms with E-state index in [1.165, 1.54) is 16.0 Å². The van der Waals surface area contributed by atoms with Crippen molar-refractivity contribution in [2.75, 3.05) is 32.7 Å². The average molecular weight is 366 g/mol. The number of amides is 1. The summed E-state index contributed by atoms with van der Waals surface area (Å²) < 4.78 is 0. The van der Waals surface area contributed by atoms with Crippen LogP contribution in [0.15, 0.2) is 73.3 Å². The Morgan fingerprint density at radius 2 is 1.44 bits per heavy atom. The Kier molecular flexibility index (Phi) is 6.80. The Labute approximate surface area is 162 Å². The summed E-state index contributed by atoms with van der Waals surface area (Å²) in [7, 11) is 0. The maximum atomic E-state index is 12.3. The molecule has 1 amide bonds. The molecule has 0 saturated carbocycles. The van der Waals surface area contributed by atoms with E-state index in [2.05, 4.69) is 72.6 Å². The molecule has 3 N–H and O–H groups in total. The fourth-order valence-electron chi connectivity index (χ4n) is 4.08. The number of benzene rings is 2. The summed E-state index contributed by atoms with van der Waals surface area (Å²) in [5.74, 6) is 0.121. The number of carbonyl (C=O) groups is 1. The lowest BCUT2D eigenvalue weighted by Gasteiger charge is -2.36. The molecule has 2 aromatic rings. The van der Waals surface area contributed by atoms with Crippen molar-refractivity contribution in [3.63, 3.8) is 0 Å². The van der Waals surface area contributed by atoms with E-state index < -0.39 is 0 Å². The van der Waals surface area contributed by atoms with Crippen LogP contribution in [0, 0.1) is 0 Å². The van der Waals surface area contributed by atoms with Crippen LogP contribution in [0.1, 0.15) is 24.1 Å². The van der Waals surface area contributed by atoms with Gasteiger partial charge in [0, 0.05) is 17.7 Å². The number of rotatable bonds is 7. The average Bonchev–Trinajstić information content (AvgIpc) is 2.74. The van der Waals surface area contributed by atoms with Gasteiger partial charge in [-0.25, -0.2) is 0 Å².